The molecule has 4 heteroatoms. The minimum Gasteiger partial charge on any atom is -0.481 e. The largest absolute Gasteiger partial charge is 0.481 e. The molecule has 0 aromatic heterocycles. The van der Waals surface area contributed by atoms with E-state index in [-0.39, 0.29) is 5.91 Å². The molecule has 2 aromatic rings. The maximum atomic E-state index is 12.4. The summed E-state index contributed by atoms with van der Waals surface area (Å²) in [4.78, 5) is 14.9. The molecule has 0 bridgehead atoms. The Hall–Kier alpha value is -2.33. The number of hydrogen-bond donors (Lipinski definition) is 1. The molecule has 4 nitrogen and oxygen atoms in total. The number of carbonyl (C=O) groups excluding carboxylic acids is 1. The van der Waals surface area contributed by atoms with Gasteiger partial charge in [-0.1, -0.05) is 36.4 Å². The molecule has 144 valence electrons. The highest BCUT2D eigenvalue weighted by Gasteiger charge is 2.16. The quantitative estimate of drug-likeness (QED) is 0.806. The number of hydrogen-bond acceptors (Lipinski definition) is 3. The van der Waals surface area contributed by atoms with Crippen molar-refractivity contribution < 1.29 is 9.53 Å². The smallest absolute Gasteiger partial charge is 0.261 e. The maximum absolute atomic E-state index is 12.4. The van der Waals surface area contributed by atoms with Crippen molar-refractivity contribution in [2.24, 2.45) is 0 Å². The summed E-state index contributed by atoms with van der Waals surface area (Å²) in [6, 6.07) is 14.5. The standard InChI is InChI=1S/C23H30N2O2/c1-17-6-7-18(2)22(14-17)27-19(3)23(26)24-15-20-8-10-21(11-9-20)16-25-12-4-5-13-25/h6-11,14,19H,4-5,12-13,15-16H2,1-3H3,(H,24,26)/t19-/m0/s1. The van der Waals surface area contributed by atoms with E-state index in [4.69, 9.17) is 4.74 Å². The van der Waals surface area contributed by atoms with Crippen molar-refractivity contribution in [2.45, 2.75) is 52.8 Å². The van der Waals surface area contributed by atoms with Crippen molar-refractivity contribution in [1.82, 2.24) is 10.2 Å². The number of amides is 1. The summed E-state index contributed by atoms with van der Waals surface area (Å²) in [7, 11) is 0. The fraction of sp³-hybridized carbons (Fsp3) is 0.435. The number of nitrogens with zero attached hydrogens (tertiary/aromatic N) is 1. The molecule has 0 aliphatic carbocycles. The number of likely N-dealkylation sites (tertiary alicyclic amines) is 1. The maximum Gasteiger partial charge on any atom is 0.261 e. The van der Waals surface area contributed by atoms with E-state index < -0.39 is 6.10 Å². The van der Waals surface area contributed by atoms with E-state index in [9.17, 15) is 4.79 Å². The van der Waals surface area contributed by atoms with Gasteiger partial charge in [-0.3, -0.25) is 9.69 Å². The number of ether oxygens (including phenoxy) is 1. The average Bonchev–Trinajstić information content (AvgIpc) is 3.17. The lowest BCUT2D eigenvalue weighted by Crippen LogP contribution is -2.36. The summed E-state index contributed by atoms with van der Waals surface area (Å²) in [5.74, 6) is 0.668. The highest BCUT2D eigenvalue weighted by Crippen LogP contribution is 2.20. The van der Waals surface area contributed by atoms with Crippen molar-refractivity contribution in [3.05, 3.63) is 64.7 Å². The normalized spacial score (nSPS) is 15.5. The molecule has 1 saturated heterocycles. The predicted octanol–water partition coefficient (Wildman–Crippen LogP) is 3.98. The third kappa shape index (κ3) is 5.57. The van der Waals surface area contributed by atoms with Crippen LogP contribution < -0.4 is 10.1 Å². The molecule has 1 atom stereocenters. The van der Waals surface area contributed by atoms with Gasteiger partial charge >= 0.3 is 0 Å². The molecule has 0 spiro atoms. The second-order valence-corrected chi connectivity index (χ2v) is 7.55. The van der Waals surface area contributed by atoms with Gasteiger partial charge in [0, 0.05) is 13.1 Å². The summed E-state index contributed by atoms with van der Waals surface area (Å²) in [5.41, 5.74) is 4.59. The van der Waals surface area contributed by atoms with Gasteiger partial charge in [-0.2, -0.15) is 0 Å². The lowest BCUT2D eigenvalue weighted by atomic mass is 10.1. The monoisotopic (exact) mass is 366 g/mol. The first kappa shape index (κ1) is 19.4. The highest BCUT2D eigenvalue weighted by molar-refractivity contribution is 5.80. The lowest BCUT2D eigenvalue weighted by molar-refractivity contribution is -0.127. The Kier molecular flexibility index (Phi) is 6.51. The molecular formula is C23H30N2O2. The number of rotatable bonds is 7. The number of nitrogens with one attached hydrogen (secondary N) is 1. The van der Waals surface area contributed by atoms with Crippen LogP contribution in [-0.4, -0.2) is 30.0 Å². The molecular weight excluding hydrogens is 336 g/mol. The average molecular weight is 367 g/mol. The van der Waals surface area contributed by atoms with Crippen molar-refractivity contribution in [3.63, 3.8) is 0 Å². The Labute approximate surface area is 162 Å². The molecule has 0 radical (unpaired) electrons. The second-order valence-electron chi connectivity index (χ2n) is 7.55. The summed E-state index contributed by atoms with van der Waals surface area (Å²) < 4.78 is 5.85. The third-order valence-corrected chi connectivity index (χ3v) is 5.11. The van der Waals surface area contributed by atoms with Gasteiger partial charge in [0.15, 0.2) is 6.10 Å². The van der Waals surface area contributed by atoms with Gasteiger partial charge < -0.3 is 10.1 Å². The fourth-order valence-corrected chi connectivity index (χ4v) is 3.37. The van der Waals surface area contributed by atoms with Gasteiger partial charge in [-0.05, 0) is 75.0 Å². The van der Waals surface area contributed by atoms with Crippen LogP contribution in [-0.2, 0) is 17.9 Å². The third-order valence-electron chi connectivity index (χ3n) is 5.11. The molecule has 1 amide bonds. The van der Waals surface area contributed by atoms with Crippen LogP contribution in [0.2, 0.25) is 0 Å². The van der Waals surface area contributed by atoms with Crippen LogP contribution in [0.1, 0.15) is 42.0 Å². The van der Waals surface area contributed by atoms with Crippen molar-refractivity contribution in [1.29, 1.82) is 0 Å². The molecule has 1 N–H and O–H groups in total. The first-order valence-electron chi connectivity index (χ1n) is 9.83. The first-order chi connectivity index (χ1) is 13.0. The van der Waals surface area contributed by atoms with Crippen LogP contribution in [0.4, 0.5) is 0 Å². The topological polar surface area (TPSA) is 41.6 Å². The van der Waals surface area contributed by atoms with Crippen LogP contribution in [0.3, 0.4) is 0 Å². The van der Waals surface area contributed by atoms with Gasteiger partial charge in [-0.15, -0.1) is 0 Å². The van der Waals surface area contributed by atoms with E-state index in [1.165, 1.54) is 31.5 Å². The van der Waals surface area contributed by atoms with Crippen molar-refractivity contribution in [2.75, 3.05) is 13.1 Å². The molecule has 3 rings (SSSR count). The van der Waals surface area contributed by atoms with Gasteiger partial charge in [0.25, 0.3) is 5.91 Å². The Morgan fingerprint density at radius 2 is 1.74 bits per heavy atom. The molecule has 1 heterocycles. The predicted molar refractivity (Wildman–Crippen MR) is 109 cm³/mol. The van der Waals surface area contributed by atoms with Crippen LogP contribution in [0, 0.1) is 13.8 Å². The Morgan fingerprint density at radius 1 is 1.07 bits per heavy atom. The summed E-state index contributed by atoms with van der Waals surface area (Å²) in [6.45, 7) is 9.74. The van der Waals surface area contributed by atoms with Crippen molar-refractivity contribution >= 4 is 5.91 Å². The SMILES string of the molecule is Cc1ccc(C)c(O[C@@H](C)C(=O)NCc2ccc(CN3CCCC3)cc2)c1. The molecule has 1 aliphatic heterocycles. The molecule has 27 heavy (non-hydrogen) atoms. The fourth-order valence-electron chi connectivity index (χ4n) is 3.37. The minimum absolute atomic E-state index is 0.1000. The van der Waals surface area contributed by atoms with Gasteiger partial charge in [-0.25, -0.2) is 0 Å². The highest BCUT2D eigenvalue weighted by atomic mass is 16.5. The summed E-state index contributed by atoms with van der Waals surface area (Å²) in [6.07, 6.45) is 2.10. The zero-order chi connectivity index (χ0) is 19.2. The Bertz CT molecular complexity index is 764. The number of benzene rings is 2. The number of aryl methyl sites for hydroxylation is 2. The first-order valence-corrected chi connectivity index (χ1v) is 9.83. The Morgan fingerprint density at radius 3 is 2.44 bits per heavy atom. The zero-order valence-electron chi connectivity index (χ0n) is 16.6. The molecule has 2 aromatic carbocycles. The zero-order valence-corrected chi connectivity index (χ0v) is 16.6. The van der Waals surface area contributed by atoms with E-state index in [0.29, 0.717) is 6.54 Å². The summed E-state index contributed by atoms with van der Waals surface area (Å²) in [5, 5.41) is 2.97. The van der Waals surface area contributed by atoms with E-state index >= 15 is 0 Å². The van der Waals surface area contributed by atoms with Gasteiger partial charge in [0.05, 0.1) is 0 Å². The minimum atomic E-state index is -0.528. The van der Waals surface area contributed by atoms with Gasteiger partial charge in [0.1, 0.15) is 5.75 Å². The van der Waals surface area contributed by atoms with Crippen LogP contribution in [0.15, 0.2) is 42.5 Å². The van der Waals surface area contributed by atoms with Gasteiger partial charge in [0.2, 0.25) is 0 Å². The second kappa shape index (κ2) is 9.05. The number of carbonyl (C=O) groups is 1. The molecule has 1 aliphatic rings. The van der Waals surface area contributed by atoms with Crippen LogP contribution in [0.25, 0.3) is 0 Å². The molecule has 0 saturated carbocycles. The van der Waals surface area contributed by atoms with E-state index in [1.807, 2.05) is 32.0 Å². The van der Waals surface area contributed by atoms with Crippen LogP contribution in [0.5, 0.6) is 5.75 Å². The molecule has 1 fully saturated rings. The van der Waals surface area contributed by atoms with Crippen molar-refractivity contribution in [3.8, 4) is 5.75 Å². The summed E-state index contributed by atoms with van der Waals surface area (Å²) >= 11 is 0. The van der Waals surface area contributed by atoms with Crippen LogP contribution >= 0.6 is 0 Å². The van der Waals surface area contributed by atoms with E-state index in [2.05, 4.69) is 34.5 Å². The molecule has 0 unspecified atom stereocenters. The van der Waals surface area contributed by atoms with E-state index in [0.717, 1.165) is 29.0 Å². The lowest BCUT2D eigenvalue weighted by Gasteiger charge is -2.17. The van der Waals surface area contributed by atoms with E-state index in [1.54, 1.807) is 6.92 Å². The Balaban J connectivity index is 1.48.